The Morgan fingerprint density at radius 1 is 1.07 bits per heavy atom. The van der Waals surface area contributed by atoms with Gasteiger partial charge in [-0.25, -0.2) is 4.98 Å². The Morgan fingerprint density at radius 2 is 1.87 bits per heavy atom. The number of halogens is 1. The van der Waals surface area contributed by atoms with Crippen molar-refractivity contribution in [3.05, 3.63) is 52.1 Å². The molecule has 15 heavy (non-hydrogen) atoms. The third kappa shape index (κ3) is 2.26. The maximum Gasteiger partial charge on any atom is 0.106 e. The van der Waals surface area contributed by atoms with Crippen LogP contribution in [0.2, 0.25) is 0 Å². The Labute approximate surface area is 98.3 Å². The molecule has 0 spiro atoms. The van der Waals surface area contributed by atoms with E-state index >= 15 is 0 Å². The van der Waals surface area contributed by atoms with Crippen LogP contribution in [0.4, 0.5) is 0 Å². The van der Waals surface area contributed by atoms with Crippen LogP contribution in [0.15, 0.2) is 41.0 Å². The van der Waals surface area contributed by atoms with Crippen molar-refractivity contribution in [2.24, 2.45) is 0 Å². The molecular weight excluding hydrogens is 250 g/mol. The quantitative estimate of drug-likeness (QED) is 0.704. The molecule has 0 atom stereocenters. The van der Waals surface area contributed by atoms with E-state index in [-0.39, 0.29) is 0 Å². The SMILES string of the molecule is Cc1ccc(-c2cccc(Br)n2)c(C)c1. The second-order valence-corrected chi connectivity index (χ2v) is 4.48. The Kier molecular flexibility index (Phi) is 2.87. The summed E-state index contributed by atoms with van der Waals surface area (Å²) in [6.45, 7) is 4.22. The molecular formula is C13H12BrN. The first-order valence-electron chi connectivity index (χ1n) is 4.87. The molecule has 0 amide bonds. The highest BCUT2D eigenvalue weighted by Crippen LogP contribution is 2.23. The number of aromatic nitrogens is 1. The number of nitrogens with zero attached hydrogens (tertiary/aromatic N) is 1. The molecule has 2 rings (SSSR count). The summed E-state index contributed by atoms with van der Waals surface area (Å²) in [6.07, 6.45) is 0. The van der Waals surface area contributed by atoms with Crippen LogP contribution in [-0.2, 0) is 0 Å². The lowest BCUT2D eigenvalue weighted by atomic mass is 10.0. The van der Waals surface area contributed by atoms with Gasteiger partial charge < -0.3 is 0 Å². The van der Waals surface area contributed by atoms with Crippen LogP contribution in [0.1, 0.15) is 11.1 Å². The molecule has 2 aromatic rings. The summed E-state index contributed by atoms with van der Waals surface area (Å²) < 4.78 is 0.875. The zero-order valence-electron chi connectivity index (χ0n) is 8.79. The fourth-order valence-electron chi connectivity index (χ4n) is 1.66. The van der Waals surface area contributed by atoms with Crippen molar-refractivity contribution in [1.82, 2.24) is 4.98 Å². The van der Waals surface area contributed by atoms with E-state index in [0.29, 0.717) is 0 Å². The molecule has 0 fully saturated rings. The summed E-state index contributed by atoms with van der Waals surface area (Å²) in [6, 6.07) is 12.4. The zero-order chi connectivity index (χ0) is 10.8. The molecule has 0 aliphatic rings. The normalized spacial score (nSPS) is 10.3. The highest BCUT2D eigenvalue weighted by Gasteiger charge is 2.03. The predicted octanol–water partition coefficient (Wildman–Crippen LogP) is 4.13. The van der Waals surface area contributed by atoms with Crippen molar-refractivity contribution in [2.45, 2.75) is 13.8 Å². The van der Waals surface area contributed by atoms with Gasteiger partial charge in [0.15, 0.2) is 0 Å². The molecule has 0 bridgehead atoms. The molecule has 1 aromatic carbocycles. The fraction of sp³-hybridized carbons (Fsp3) is 0.154. The molecule has 1 aromatic heterocycles. The second kappa shape index (κ2) is 4.15. The molecule has 0 radical (unpaired) electrons. The van der Waals surface area contributed by atoms with Crippen molar-refractivity contribution < 1.29 is 0 Å². The van der Waals surface area contributed by atoms with Crippen LogP contribution in [0.3, 0.4) is 0 Å². The topological polar surface area (TPSA) is 12.9 Å². The largest absolute Gasteiger partial charge is 0.241 e. The minimum Gasteiger partial charge on any atom is -0.241 e. The molecule has 0 saturated carbocycles. The number of hydrogen-bond acceptors (Lipinski definition) is 1. The van der Waals surface area contributed by atoms with E-state index in [9.17, 15) is 0 Å². The number of hydrogen-bond donors (Lipinski definition) is 0. The Bertz CT molecular complexity index is 492. The third-order valence-corrected chi connectivity index (χ3v) is 2.81. The van der Waals surface area contributed by atoms with Gasteiger partial charge in [0.25, 0.3) is 0 Å². The van der Waals surface area contributed by atoms with Gasteiger partial charge in [-0.2, -0.15) is 0 Å². The highest BCUT2D eigenvalue weighted by molar-refractivity contribution is 9.10. The third-order valence-electron chi connectivity index (χ3n) is 2.37. The predicted molar refractivity (Wildman–Crippen MR) is 66.8 cm³/mol. The average molecular weight is 262 g/mol. The summed E-state index contributed by atoms with van der Waals surface area (Å²) in [5.74, 6) is 0. The maximum atomic E-state index is 4.45. The van der Waals surface area contributed by atoms with Gasteiger partial charge in [-0.15, -0.1) is 0 Å². The molecule has 1 nitrogen and oxygen atoms in total. The summed E-state index contributed by atoms with van der Waals surface area (Å²) in [5.41, 5.74) is 4.76. The van der Waals surface area contributed by atoms with E-state index in [0.717, 1.165) is 10.3 Å². The van der Waals surface area contributed by atoms with E-state index in [4.69, 9.17) is 0 Å². The molecule has 0 saturated heterocycles. The van der Waals surface area contributed by atoms with Gasteiger partial charge in [0.1, 0.15) is 4.60 Å². The van der Waals surface area contributed by atoms with E-state index < -0.39 is 0 Å². The molecule has 0 unspecified atom stereocenters. The van der Waals surface area contributed by atoms with E-state index in [2.05, 4.69) is 53.0 Å². The van der Waals surface area contributed by atoms with Crippen LogP contribution in [0.25, 0.3) is 11.3 Å². The van der Waals surface area contributed by atoms with E-state index in [1.165, 1.54) is 16.7 Å². The van der Waals surface area contributed by atoms with Crippen LogP contribution in [-0.4, -0.2) is 4.98 Å². The summed E-state index contributed by atoms with van der Waals surface area (Å²) in [4.78, 5) is 4.45. The van der Waals surface area contributed by atoms with E-state index in [1.54, 1.807) is 0 Å². The van der Waals surface area contributed by atoms with Crippen molar-refractivity contribution in [3.63, 3.8) is 0 Å². The Morgan fingerprint density at radius 3 is 2.53 bits per heavy atom. The lowest BCUT2D eigenvalue weighted by Gasteiger charge is -2.06. The van der Waals surface area contributed by atoms with Gasteiger partial charge >= 0.3 is 0 Å². The minimum atomic E-state index is 0.875. The van der Waals surface area contributed by atoms with Gasteiger partial charge in [0, 0.05) is 5.56 Å². The molecule has 1 heterocycles. The summed E-state index contributed by atoms with van der Waals surface area (Å²) >= 11 is 3.39. The smallest absolute Gasteiger partial charge is 0.106 e. The van der Waals surface area contributed by atoms with Crippen molar-refractivity contribution in [3.8, 4) is 11.3 Å². The van der Waals surface area contributed by atoms with Gasteiger partial charge in [-0.05, 0) is 47.5 Å². The monoisotopic (exact) mass is 261 g/mol. The number of aryl methyl sites for hydroxylation is 2. The molecule has 0 aliphatic heterocycles. The van der Waals surface area contributed by atoms with Crippen LogP contribution >= 0.6 is 15.9 Å². The number of benzene rings is 1. The van der Waals surface area contributed by atoms with Gasteiger partial charge in [0.05, 0.1) is 5.69 Å². The lowest BCUT2D eigenvalue weighted by Crippen LogP contribution is -1.88. The van der Waals surface area contributed by atoms with Gasteiger partial charge in [-0.1, -0.05) is 29.8 Å². The summed E-state index contributed by atoms with van der Waals surface area (Å²) in [7, 11) is 0. The van der Waals surface area contributed by atoms with Crippen molar-refractivity contribution >= 4 is 15.9 Å². The highest BCUT2D eigenvalue weighted by atomic mass is 79.9. The second-order valence-electron chi connectivity index (χ2n) is 3.66. The number of rotatable bonds is 1. The van der Waals surface area contributed by atoms with Crippen molar-refractivity contribution in [2.75, 3.05) is 0 Å². The van der Waals surface area contributed by atoms with Crippen molar-refractivity contribution in [1.29, 1.82) is 0 Å². The zero-order valence-corrected chi connectivity index (χ0v) is 10.4. The molecule has 2 heteroatoms. The van der Waals surface area contributed by atoms with Gasteiger partial charge in [-0.3, -0.25) is 0 Å². The molecule has 0 aliphatic carbocycles. The first kappa shape index (κ1) is 10.4. The minimum absolute atomic E-state index is 0.875. The number of pyridine rings is 1. The Balaban J connectivity index is 2.54. The maximum absolute atomic E-state index is 4.45. The van der Waals surface area contributed by atoms with Gasteiger partial charge in [0.2, 0.25) is 0 Å². The first-order valence-corrected chi connectivity index (χ1v) is 5.66. The van der Waals surface area contributed by atoms with Crippen LogP contribution in [0.5, 0.6) is 0 Å². The molecule has 0 N–H and O–H groups in total. The first-order chi connectivity index (χ1) is 7.16. The Hall–Kier alpha value is -1.15. The van der Waals surface area contributed by atoms with E-state index in [1.807, 2.05) is 18.2 Å². The summed E-state index contributed by atoms with van der Waals surface area (Å²) in [5, 5.41) is 0. The average Bonchev–Trinajstić information content (AvgIpc) is 2.17. The lowest BCUT2D eigenvalue weighted by molar-refractivity contribution is 1.26. The van der Waals surface area contributed by atoms with Crippen LogP contribution in [0, 0.1) is 13.8 Å². The standard InChI is InChI=1S/C13H12BrN/c1-9-6-7-11(10(2)8-9)12-4-3-5-13(14)15-12/h3-8H,1-2H3. The fourth-order valence-corrected chi connectivity index (χ4v) is 2.00. The van der Waals surface area contributed by atoms with Crippen LogP contribution < -0.4 is 0 Å². The molecule has 76 valence electrons.